The smallest absolute Gasteiger partial charge is 0.289 e. The molecule has 7 nitrogen and oxygen atoms in total. The SMILES string of the molecule is Cn1c(C(=O)N2CCCC2)nc2c1CCN(C(=O)c1cccnc1)C2. The van der Waals surface area contributed by atoms with Crippen LogP contribution in [0.25, 0.3) is 0 Å². The second kappa shape index (κ2) is 6.31. The lowest BCUT2D eigenvalue weighted by Crippen LogP contribution is -2.36. The summed E-state index contributed by atoms with van der Waals surface area (Å²) in [4.78, 5) is 37.5. The molecule has 0 aromatic carbocycles. The third-order valence-electron chi connectivity index (χ3n) is 5.04. The highest BCUT2D eigenvalue weighted by atomic mass is 16.2. The molecule has 0 radical (unpaired) electrons. The van der Waals surface area contributed by atoms with Gasteiger partial charge in [0.25, 0.3) is 11.8 Å². The Morgan fingerprint density at radius 3 is 2.60 bits per heavy atom. The molecule has 2 aromatic rings. The molecule has 4 heterocycles. The van der Waals surface area contributed by atoms with Gasteiger partial charge in [0.2, 0.25) is 0 Å². The second-order valence-corrected chi connectivity index (χ2v) is 6.61. The van der Waals surface area contributed by atoms with E-state index in [-0.39, 0.29) is 11.8 Å². The summed E-state index contributed by atoms with van der Waals surface area (Å²) in [6.07, 6.45) is 6.06. The minimum Gasteiger partial charge on any atom is -0.336 e. The molecule has 1 fully saturated rings. The molecule has 7 heteroatoms. The van der Waals surface area contributed by atoms with Crippen LogP contribution in [0.2, 0.25) is 0 Å². The second-order valence-electron chi connectivity index (χ2n) is 6.61. The van der Waals surface area contributed by atoms with Crippen LogP contribution in [0.15, 0.2) is 24.5 Å². The van der Waals surface area contributed by atoms with E-state index < -0.39 is 0 Å². The summed E-state index contributed by atoms with van der Waals surface area (Å²) in [6.45, 7) is 2.67. The lowest BCUT2D eigenvalue weighted by Gasteiger charge is -2.26. The van der Waals surface area contributed by atoms with E-state index in [9.17, 15) is 9.59 Å². The van der Waals surface area contributed by atoms with E-state index in [4.69, 9.17) is 0 Å². The highest BCUT2D eigenvalue weighted by Crippen LogP contribution is 2.22. The predicted molar refractivity (Wildman–Crippen MR) is 91.0 cm³/mol. The molecule has 0 N–H and O–H groups in total. The van der Waals surface area contributed by atoms with Crippen molar-refractivity contribution in [2.24, 2.45) is 7.05 Å². The summed E-state index contributed by atoms with van der Waals surface area (Å²) in [7, 11) is 1.90. The van der Waals surface area contributed by atoms with Crippen LogP contribution >= 0.6 is 0 Å². The van der Waals surface area contributed by atoms with Crippen LogP contribution in [0, 0.1) is 0 Å². The number of fused-ring (bicyclic) bond motifs is 1. The van der Waals surface area contributed by atoms with Crippen molar-refractivity contribution in [3.8, 4) is 0 Å². The molecule has 0 saturated carbocycles. The molecule has 0 unspecified atom stereocenters. The molecule has 0 spiro atoms. The Morgan fingerprint density at radius 1 is 1.08 bits per heavy atom. The average Bonchev–Trinajstić information content (AvgIpc) is 3.29. The van der Waals surface area contributed by atoms with E-state index in [0.29, 0.717) is 30.9 Å². The van der Waals surface area contributed by atoms with Crippen LogP contribution in [0.5, 0.6) is 0 Å². The minimum atomic E-state index is -0.0446. The maximum Gasteiger partial charge on any atom is 0.289 e. The summed E-state index contributed by atoms with van der Waals surface area (Å²) in [6, 6.07) is 3.53. The third kappa shape index (κ3) is 2.79. The molecule has 2 aliphatic heterocycles. The van der Waals surface area contributed by atoms with Crippen molar-refractivity contribution >= 4 is 11.8 Å². The van der Waals surface area contributed by atoms with Crippen LogP contribution in [0.1, 0.15) is 45.2 Å². The Hall–Kier alpha value is -2.70. The van der Waals surface area contributed by atoms with Gasteiger partial charge < -0.3 is 14.4 Å². The Bertz CT molecular complexity index is 808. The summed E-state index contributed by atoms with van der Waals surface area (Å²) >= 11 is 0. The lowest BCUT2D eigenvalue weighted by atomic mass is 10.1. The van der Waals surface area contributed by atoms with Crippen LogP contribution in [-0.2, 0) is 20.0 Å². The largest absolute Gasteiger partial charge is 0.336 e. The van der Waals surface area contributed by atoms with Crippen molar-refractivity contribution < 1.29 is 9.59 Å². The zero-order valence-electron chi connectivity index (χ0n) is 14.3. The van der Waals surface area contributed by atoms with Gasteiger partial charge in [0.15, 0.2) is 5.82 Å². The Morgan fingerprint density at radius 2 is 1.88 bits per heavy atom. The lowest BCUT2D eigenvalue weighted by molar-refractivity contribution is 0.0730. The van der Waals surface area contributed by atoms with Crippen molar-refractivity contribution in [3.05, 3.63) is 47.3 Å². The minimum absolute atomic E-state index is 0.000430. The van der Waals surface area contributed by atoms with Gasteiger partial charge in [-0.1, -0.05) is 0 Å². The quantitative estimate of drug-likeness (QED) is 0.826. The number of nitrogens with zero attached hydrogens (tertiary/aromatic N) is 5. The Labute approximate surface area is 146 Å². The molecule has 25 heavy (non-hydrogen) atoms. The zero-order chi connectivity index (χ0) is 17.4. The van der Waals surface area contributed by atoms with Crippen LogP contribution in [0.3, 0.4) is 0 Å². The van der Waals surface area contributed by atoms with Gasteiger partial charge >= 0.3 is 0 Å². The van der Waals surface area contributed by atoms with Gasteiger partial charge in [-0.05, 0) is 25.0 Å². The molecule has 0 bridgehead atoms. The number of pyridine rings is 1. The van der Waals surface area contributed by atoms with Crippen LogP contribution in [-0.4, -0.2) is 55.8 Å². The monoisotopic (exact) mass is 339 g/mol. The van der Waals surface area contributed by atoms with Gasteiger partial charge in [-0.2, -0.15) is 0 Å². The Kier molecular flexibility index (Phi) is 3.99. The van der Waals surface area contributed by atoms with Crippen molar-refractivity contribution in [2.45, 2.75) is 25.8 Å². The fraction of sp³-hybridized carbons (Fsp3) is 0.444. The van der Waals surface area contributed by atoms with E-state index >= 15 is 0 Å². The van der Waals surface area contributed by atoms with Gasteiger partial charge in [-0.3, -0.25) is 14.6 Å². The number of rotatable bonds is 2. The zero-order valence-corrected chi connectivity index (χ0v) is 14.3. The van der Waals surface area contributed by atoms with Crippen molar-refractivity contribution in [1.82, 2.24) is 24.3 Å². The first-order valence-corrected chi connectivity index (χ1v) is 8.68. The van der Waals surface area contributed by atoms with Crippen molar-refractivity contribution in [2.75, 3.05) is 19.6 Å². The summed E-state index contributed by atoms with van der Waals surface area (Å²) in [5.74, 6) is 0.443. The number of carbonyl (C=O) groups is 2. The average molecular weight is 339 g/mol. The molecule has 0 aliphatic carbocycles. The molecule has 130 valence electrons. The highest BCUT2D eigenvalue weighted by Gasteiger charge is 2.30. The topological polar surface area (TPSA) is 71.3 Å². The van der Waals surface area contributed by atoms with Gasteiger partial charge in [-0.15, -0.1) is 0 Å². The van der Waals surface area contributed by atoms with E-state index in [1.807, 2.05) is 16.5 Å². The van der Waals surface area contributed by atoms with Crippen molar-refractivity contribution in [3.63, 3.8) is 0 Å². The number of hydrogen-bond acceptors (Lipinski definition) is 4. The number of carbonyl (C=O) groups excluding carboxylic acids is 2. The fourth-order valence-electron chi connectivity index (χ4n) is 3.63. The maximum absolute atomic E-state index is 12.7. The summed E-state index contributed by atoms with van der Waals surface area (Å²) in [5, 5.41) is 0. The standard InChI is InChI=1S/C18H21N5O2/c1-21-15-6-10-23(17(24)13-5-4-7-19-11-13)12-14(15)20-16(21)18(25)22-8-2-3-9-22/h4-5,7,11H,2-3,6,8-10,12H2,1H3. The molecular formula is C18H21N5O2. The summed E-state index contributed by atoms with van der Waals surface area (Å²) in [5.41, 5.74) is 2.46. The molecular weight excluding hydrogens is 318 g/mol. The molecule has 2 amide bonds. The van der Waals surface area contributed by atoms with Gasteiger partial charge in [0.1, 0.15) is 0 Å². The first kappa shape index (κ1) is 15.8. The van der Waals surface area contributed by atoms with Crippen molar-refractivity contribution in [1.29, 1.82) is 0 Å². The third-order valence-corrected chi connectivity index (χ3v) is 5.04. The highest BCUT2D eigenvalue weighted by molar-refractivity contribution is 5.94. The van der Waals surface area contributed by atoms with E-state index in [1.54, 1.807) is 29.4 Å². The molecule has 2 aromatic heterocycles. The molecule has 0 atom stereocenters. The van der Waals surface area contributed by atoms with E-state index in [1.165, 1.54) is 0 Å². The number of hydrogen-bond donors (Lipinski definition) is 0. The number of aromatic nitrogens is 3. The first-order valence-electron chi connectivity index (χ1n) is 8.68. The van der Waals surface area contributed by atoms with E-state index in [0.717, 1.165) is 37.3 Å². The number of imidazole rings is 1. The van der Waals surface area contributed by atoms with Crippen LogP contribution in [0.4, 0.5) is 0 Å². The normalized spacial score (nSPS) is 16.8. The maximum atomic E-state index is 12.7. The van der Waals surface area contributed by atoms with Gasteiger partial charge in [0.05, 0.1) is 17.8 Å². The summed E-state index contributed by atoms with van der Waals surface area (Å²) < 4.78 is 1.90. The Balaban J connectivity index is 1.56. The molecule has 1 saturated heterocycles. The van der Waals surface area contributed by atoms with Crippen LogP contribution < -0.4 is 0 Å². The number of likely N-dealkylation sites (tertiary alicyclic amines) is 1. The predicted octanol–water partition coefficient (Wildman–Crippen LogP) is 1.25. The van der Waals surface area contributed by atoms with Gasteiger partial charge in [0, 0.05) is 51.2 Å². The van der Waals surface area contributed by atoms with E-state index in [2.05, 4.69) is 9.97 Å². The van der Waals surface area contributed by atoms with Gasteiger partial charge in [-0.25, -0.2) is 4.98 Å². The fourth-order valence-corrected chi connectivity index (χ4v) is 3.63. The first-order chi connectivity index (χ1) is 12.1. The number of amides is 2. The molecule has 2 aliphatic rings. The molecule has 4 rings (SSSR count).